The number of carbonyl (C=O) groups is 3. The molecule has 0 spiro atoms. The highest BCUT2D eigenvalue weighted by Crippen LogP contribution is 2.13. The van der Waals surface area contributed by atoms with Crippen LogP contribution in [-0.2, 0) is 25.5 Å². The molecule has 7 nitrogen and oxygen atoms in total. The van der Waals surface area contributed by atoms with Gasteiger partial charge in [0.1, 0.15) is 6.04 Å². The average Bonchev–Trinajstić information content (AvgIpc) is 2.59. The molecule has 150 valence electrons. The quantitative estimate of drug-likeness (QED) is 0.582. The second-order valence-corrected chi connectivity index (χ2v) is 5.44. The van der Waals surface area contributed by atoms with Gasteiger partial charge in [0.25, 0.3) is 0 Å². The predicted octanol–water partition coefficient (Wildman–Crippen LogP) is 1.46. The number of nitrogens with zero attached hydrogens (tertiary/aromatic N) is 1. The first kappa shape index (κ1) is 24.1. The number of methoxy groups -OCH3 is 1. The lowest BCUT2D eigenvalue weighted by molar-refractivity contribution is -0.192. The number of esters is 1. The number of nitrogens with two attached hydrogens (primary N) is 1. The molecule has 27 heavy (non-hydrogen) atoms. The third-order valence-corrected chi connectivity index (χ3v) is 3.04. The van der Waals surface area contributed by atoms with E-state index in [0.29, 0.717) is 6.42 Å². The van der Waals surface area contributed by atoms with E-state index in [1.807, 2.05) is 24.3 Å². The van der Waals surface area contributed by atoms with Gasteiger partial charge in [0, 0.05) is 20.2 Å². The molecule has 1 rings (SSSR count). The molecule has 0 heterocycles. The van der Waals surface area contributed by atoms with E-state index in [4.69, 9.17) is 15.6 Å². The van der Waals surface area contributed by atoms with E-state index >= 15 is 0 Å². The number of hydrogen-bond donors (Lipinski definition) is 2. The number of aliphatic carboxylic acids is 1. The van der Waals surface area contributed by atoms with Gasteiger partial charge in [-0.05, 0) is 23.6 Å². The SMILES string of the molecule is COC(=O)[C@@H](N)Cc1ccc(/C=C/C(=O)N(C)C)cc1.O=C(O)C(F)(F)F. The number of alkyl halides is 3. The zero-order chi connectivity index (χ0) is 21.2. The Kier molecular flexibility index (Phi) is 9.80. The molecular formula is C17H21F3N2O5. The van der Waals surface area contributed by atoms with Crippen LogP contribution in [0.15, 0.2) is 30.3 Å². The van der Waals surface area contributed by atoms with Crippen LogP contribution in [0.5, 0.6) is 0 Å². The highest BCUT2D eigenvalue weighted by molar-refractivity contribution is 5.91. The number of amides is 1. The summed E-state index contributed by atoms with van der Waals surface area (Å²) in [6.07, 6.45) is -1.41. The number of hydrogen-bond acceptors (Lipinski definition) is 5. The van der Waals surface area contributed by atoms with Crippen LogP contribution in [0.2, 0.25) is 0 Å². The summed E-state index contributed by atoms with van der Waals surface area (Å²) in [5.74, 6) is -3.25. The Hall–Kier alpha value is -2.88. The molecule has 10 heteroatoms. The first-order chi connectivity index (χ1) is 12.4. The Morgan fingerprint density at radius 1 is 1.22 bits per heavy atom. The topological polar surface area (TPSA) is 110 Å². The Labute approximate surface area is 154 Å². The molecule has 1 aromatic rings. The molecule has 0 saturated carbocycles. The minimum atomic E-state index is -5.08. The summed E-state index contributed by atoms with van der Waals surface area (Å²) >= 11 is 0. The van der Waals surface area contributed by atoms with E-state index in [-0.39, 0.29) is 5.91 Å². The summed E-state index contributed by atoms with van der Waals surface area (Å²) in [6.45, 7) is 0. The fourth-order valence-corrected chi connectivity index (χ4v) is 1.57. The fourth-order valence-electron chi connectivity index (χ4n) is 1.57. The zero-order valence-electron chi connectivity index (χ0n) is 15.0. The van der Waals surface area contributed by atoms with Gasteiger partial charge in [-0.25, -0.2) is 4.79 Å². The maximum Gasteiger partial charge on any atom is 0.490 e. The maximum absolute atomic E-state index is 11.4. The molecule has 0 aliphatic carbocycles. The lowest BCUT2D eigenvalue weighted by Gasteiger charge is -2.09. The Morgan fingerprint density at radius 2 is 1.70 bits per heavy atom. The molecule has 1 atom stereocenters. The average molecular weight is 390 g/mol. The second kappa shape index (κ2) is 11.0. The Morgan fingerprint density at radius 3 is 2.07 bits per heavy atom. The van der Waals surface area contributed by atoms with Crippen molar-refractivity contribution in [3.05, 3.63) is 41.5 Å². The highest BCUT2D eigenvalue weighted by Gasteiger charge is 2.38. The van der Waals surface area contributed by atoms with Gasteiger partial charge in [0.05, 0.1) is 7.11 Å². The first-order valence-electron chi connectivity index (χ1n) is 7.50. The molecule has 1 aromatic carbocycles. The van der Waals surface area contributed by atoms with Crippen molar-refractivity contribution in [2.45, 2.75) is 18.6 Å². The number of rotatable bonds is 5. The molecule has 0 bridgehead atoms. The number of halogens is 3. The molecule has 0 fully saturated rings. The van der Waals surface area contributed by atoms with Crippen LogP contribution in [0.4, 0.5) is 13.2 Å². The van der Waals surface area contributed by atoms with Crippen LogP contribution >= 0.6 is 0 Å². The van der Waals surface area contributed by atoms with Crippen molar-refractivity contribution in [2.24, 2.45) is 5.73 Å². The molecule has 1 amide bonds. The van der Waals surface area contributed by atoms with Crippen molar-refractivity contribution in [1.82, 2.24) is 4.90 Å². The van der Waals surface area contributed by atoms with Gasteiger partial charge < -0.3 is 20.5 Å². The molecule has 0 radical (unpaired) electrons. The summed E-state index contributed by atoms with van der Waals surface area (Å²) in [5.41, 5.74) is 7.55. The lowest BCUT2D eigenvalue weighted by Crippen LogP contribution is -2.33. The van der Waals surface area contributed by atoms with Crippen molar-refractivity contribution in [3.8, 4) is 0 Å². The fraction of sp³-hybridized carbons (Fsp3) is 0.353. The maximum atomic E-state index is 11.4. The van der Waals surface area contributed by atoms with Crippen LogP contribution in [0, 0.1) is 0 Å². The van der Waals surface area contributed by atoms with E-state index in [0.717, 1.165) is 11.1 Å². The third kappa shape index (κ3) is 10.00. The van der Waals surface area contributed by atoms with E-state index in [1.54, 1.807) is 20.2 Å². The summed E-state index contributed by atoms with van der Waals surface area (Å²) in [7, 11) is 4.71. The van der Waals surface area contributed by atoms with Gasteiger partial charge in [-0.2, -0.15) is 13.2 Å². The number of ether oxygens (including phenoxy) is 1. The van der Waals surface area contributed by atoms with Crippen LogP contribution in [-0.4, -0.2) is 61.3 Å². The molecule has 0 aliphatic rings. The molecule has 0 aliphatic heterocycles. The predicted molar refractivity (Wildman–Crippen MR) is 91.6 cm³/mol. The number of carboxylic acids is 1. The zero-order valence-corrected chi connectivity index (χ0v) is 15.0. The first-order valence-corrected chi connectivity index (χ1v) is 7.50. The van der Waals surface area contributed by atoms with Gasteiger partial charge in [0.15, 0.2) is 0 Å². The van der Waals surface area contributed by atoms with Crippen LogP contribution in [0.1, 0.15) is 11.1 Å². The molecule has 0 unspecified atom stereocenters. The van der Waals surface area contributed by atoms with Crippen molar-refractivity contribution in [3.63, 3.8) is 0 Å². The van der Waals surface area contributed by atoms with Crippen LogP contribution < -0.4 is 5.73 Å². The van der Waals surface area contributed by atoms with Gasteiger partial charge >= 0.3 is 18.1 Å². The summed E-state index contributed by atoms with van der Waals surface area (Å²) in [6, 6.07) is 6.85. The minimum Gasteiger partial charge on any atom is -0.475 e. The summed E-state index contributed by atoms with van der Waals surface area (Å²) in [5, 5.41) is 7.12. The van der Waals surface area contributed by atoms with Gasteiger partial charge in [0.2, 0.25) is 5.91 Å². The number of benzene rings is 1. The van der Waals surface area contributed by atoms with Gasteiger partial charge in [-0.1, -0.05) is 24.3 Å². The van der Waals surface area contributed by atoms with Crippen LogP contribution in [0.3, 0.4) is 0 Å². The smallest absolute Gasteiger partial charge is 0.475 e. The van der Waals surface area contributed by atoms with Gasteiger partial charge in [-0.3, -0.25) is 9.59 Å². The standard InChI is InChI=1S/C15H20N2O3.C2HF3O2/c1-17(2)14(18)9-8-11-4-6-12(7-5-11)10-13(16)15(19)20-3;3-2(4,5)1(6)7/h4-9,13H,10,16H2,1-3H3;(H,6,7)/b9-8+;/t13-;/m0./s1. The van der Waals surface area contributed by atoms with E-state index in [1.165, 1.54) is 18.1 Å². The second-order valence-electron chi connectivity index (χ2n) is 5.44. The largest absolute Gasteiger partial charge is 0.490 e. The monoisotopic (exact) mass is 390 g/mol. The van der Waals surface area contributed by atoms with E-state index in [9.17, 15) is 22.8 Å². The minimum absolute atomic E-state index is 0.0678. The third-order valence-electron chi connectivity index (χ3n) is 3.04. The molecular weight excluding hydrogens is 369 g/mol. The number of likely N-dealkylation sites (N-methyl/N-ethyl adjacent to an activating group) is 1. The summed E-state index contributed by atoms with van der Waals surface area (Å²) in [4.78, 5) is 33.0. The van der Waals surface area contributed by atoms with E-state index in [2.05, 4.69) is 4.74 Å². The highest BCUT2D eigenvalue weighted by atomic mass is 19.4. The summed E-state index contributed by atoms with van der Waals surface area (Å²) < 4.78 is 36.3. The Balaban J connectivity index is 0.000000821. The van der Waals surface area contributed by atoms with Crippen molar-refractivity contribution < 1.29 is 37.4 Å². The van der Waals surface area contributed by atoms with Crippen molar-refractivity contribution >= 4 is 23.9 Å². The molecule has 0 aromatic heterocycles. The van der Waals surface area contributed by atoms with Gasteiger partial charge in [-0.15, -0.1) is 0 Å². The lowest BCUT2D eigenvalue weighted by atomic mass is 10.0. The van der Waals surface area contributed by atoms with E-state index < -0.39 is 24.2 Å². The van der Waals surface area contributed by atoms with Crippen molar-refractivity contribution in [1.29, 1.82) is 0 Å². The number of carboxylic acid groups (broad SMARTS) is 1. The normalized spacial score (nSPS) is 12.0. The van der Waals surface area contributed by atoms with Crippen molar-refractivity contribution in [2.75, 3.05) is 21.2 Å². The van der Waals surface area contributed by atoms with Crippen LogP contribution in [0.25, 0.3) is 6.08 Å². The number of carbonyl (C=O) groups excluding carboxylic acids is 2. The Bertz CT molecular complexity index is 670. The molecule has 3 N–H and O–H groups in total. The molecule has 0 saturated heterocycles.